The van der Waals surface area contributed by atoms with Gasteiger partial charge in [0.1, 0.15) is 5.82 Å². The topological polar surface area (TPSA) is 59.2 Å². The molecule has 1 aliphatic rings. The van der Waals surface area contributed by atoms with Gasteiger partial charge in [-0.2, -0.15) is 4.98 Å². The van der Waals surface area contributed by atoms with Gasteiger partial charge in [-0.15, -0.1) is 0 Å². The van der Waals surface area contributed by atoms with Crippen LogP contribution in [0.15, 0.2) is 22.7 Å². The fourth-order valence-electron chi connectivity index (χ4n) is 2.25. The van der Waals surface area contributed by atoms with Crippen LogP contribution in [0.4, 0.5) is 10.1 Å². The maximum atomic E-state index is 13.2. The number of amides is 1. The first-order valence-electron chi connectivity index (χ1n) is 6.10. The minimum absolute atomic E-state index is 0.00705. The van der Waals surface area contributed by atoms with Crippen molar-refractivity contribution in [2.24, 2.45) is 0 Å². The van der Waals surface area contributed by atoms with Crippen molar-refractivity contribution in [1.82, 2.24) is 10.1 Å². The number of aromatic nitrogens is 2. The molecule has 1 fully saturated rings. The Kier molecular flexibility index (Phi) is 3.17. The van der Waals surface area contributed by atoms with E-state index < -0.39 is 5.82 Å². The van der Waals surface area contributed by atoms with Crippen molar-refractivity contribution >= 4 is 23.2 Å². The molecule has 1 aliphatic heterocycles. The predicted octanol–water partition coefficient (Wildman–Crippen LogP) is 2.69. The summed E-state index contributed by atoms with van der Waals surface area (Å²) in [7, 11) is 0. The van der Waals surface area contributed by atoms with Crippen LogP contribution in [-0.4, -0.2) is 22.6 Å². The van der Waals surface area contributed by atoms with Crippen molar-refractivity contribution < 1.29 is 13.7 Å². The van der Waals surface area contributed by atoms with Crippen LogP contribution in [-0.2, 0) is 4.79 Å². The van der Waals surface area contributed by atoms with Gasteiger partial charge in [-0.25, -0.2) is 4.39 Å². The zero-order valence-electron chi connectivity index (χ0n) is 10.6. The Labute approximate surface area is 119 Å². The van der Waals surface area contributed by atoms with Crippen LogP contribution >= 0.6 is 11.6 Å². The number of benzene rings is 1. The summed E-state index contributed by atoms with van der Waals surface area (Å²) in [6.45, 7) is 2.14. The fraction of sp³-hybridized carbons (Fsp3) is 0.308. The molecule has 1 amide bonds. The SMILES string of the molecule is Cc1noc(C2CC(=O)N(c3ccc(F)c(Cl)c3)C2)n1. The third-order valence-corrected chi connectivity index (χ3v) is 3.52. The van der Waals surface area contributed by atoms with Crippen LogP contribution in [0, 0.1) is 12.7 Å². The average Bonchev–Trinajstić information content (AvgIpc) is 2.99. The van der Waals surface area contributed by atoms with Crippen LogP contribution in [0.5, 0.6) is 0 Å². The molecule has 0 saturated carbocycles. The van der Waals surface area contributed by atoms with Crippen molar-refractivity contribution in [2.45, 2.75) is 19.3 Å². The fourth-order valence-corrected chi connectivity index (χ4v) is 2.43. The molecule has 5 nitrogen and oxygen atoms in total. The highest BCUT2D eigenvalue weighted by Crippen LogP contribution is 2.32. The molecule has 0 aliphatic carbocycles. The molecule has 104 valence electrons. The van der Waals surface area contributed by atoms with Gasteiger partial charge < -0.3 is 9.42 Å². The van der Waals surface area contributed by atoms with Gasteiger partial charge in [-0.05, 0) is 25.1 Å². The number of hydrogen-bond donors (Lipinski definition) is 0. The van der Waals surface area contributed by atoms with Crippen LogP contribution in [0.1, 0.15) is 24.1 Å². The second kappa shape index (κ2) is 4.86. The molecule has 0 bridgehead atoms. The second-order valence-electron chi connectivity index (χ2n) is 4.68. The van der Waals surface area contributed by atoms with E-state index in [9.17, 15) is 9.18 Å². The van der Waals surface area contributed by atoms with Gasteiger partial charge in [0.2, 0.25) is 11.8 Å². The standard InChI is InChI=1S/C13H11ClFN3O2/c1-7-16-13(20-17-7)8-4-12(19)18(6-8)9-2-3-11(15)10(14)5-9/h2-3,5,8H,4,6H2,1H3. The normalized spacial score (nSPS) is 18.9. The Morgan fingerprint density at radius 3 is 2.95 bits per heavy atom. The third kappa shape index (κ3) is 2.27. The third-order valence-electron chi connectivity index (χ3n) is 3.23. The Morgan fingerprint density at radius 1 is 1.50 bits per heavy atom. The van der Waals surface area contributed by atoms with E-state index in [0.717, 1.165) is 0 Å². The Bertz CT molecular complexity index is 673. The minimum Gasteiger partial charge on any atom is -0.339 e. The quantitative estimate of drug-likeness (QED) is 0.854. The molecule has 20 heavy (non-hydrogen) atoms. The van der Waals surface area contributed by atoms with Gasteiger partial charge in [0.25, 0.3) is 0 Å². The summed E-state index contributed by atoms with van der Waals surface area (Å²) in [6, 6.07) is 4.21. The van der Waals surface area contributed by atoms with E-state index >= 15 is 0 Å². The molecule has 1 atom stereocenters. The highest BCUT2D eigenvalue weighted by atomic mass is 35.5. The largest absolute Gasteiger partial charge is 0.339 e. The molecular weight excluding hydrogens is 285 g/mol. The summed E-state index contributed by atoms with van der Waals surface area (Å²) in [5, 5.41) is 3.72. The predicted molar refractivity (Wildman–Crippen MR) is 70.2 cm³/mol. The number of halogens is 2. The van der Waals surface area contributed by atoms with Crippen LogP contribution < -0.4 is 4.90 Å². The molecule has 2 heterocycles. The lowest BCUT2D eigenvalue weighted by Gasteiger charge is -2.16. The summed E-state index contributed by atoms with van der Waals surface area (Å²) < 4.78 is 18.3. The van der Waals surface area contributed by atoms with Crippen molar-refractivity contribution in [3.05, 3.63) is 40.8 Å². The number of rotatable bonds is 2. The van der Waals surface area contributed by atoms with E-state index in [4.69, 9.17) is 16.1 Å². The molecule has 1 unspecified atom stereocenters. The maximum absolute atomic E-state index is 13.2. The summed E-state index contributed by atoms with van der Waals surface area (Å²) in [6.07, 6.45) is 0.288. The molecule has 2 aromatic rings. The van der Waals surface area contributed by atoms with Crippen LogP contribution in [0.25, 0.3) is 0 Å². The molecule has 1 aromatic heterocycles. The highest BCUT2D eigenvalue weighted by molar-refractivity contribution is 6.31. The van der Waals surface area contributed by atoms with Gasteiger partial charge in [-0.3, -0.25) is 4.79 Å². The maximum Gasteiger partial charge on any atom is 0.232 e. The molecule has 0 spiro atoms. The van der Waals surface area contributed by atoms with E-state index in [1.807, 2.05) is 0 Å². The first kappa shape index (κ1) is 13.1. The number of aryl methyl sites for hydroxylation is 1. The smallest absolute Gasteiger partial charge is 0.232 e. The van der Waals surface area contributed by atoms with E-state index in [-0.39, 0.29) is 23.3 Å². The van der Waals surface area contributed by atoms with Crippen molar-refractivity contribution in [2.75, 3.05) is 11.4 Å². The van der Waals surface area contributed by atoms with Gasteiger partial charge in [0.05, 0.1) is 10.9 Å². The van der Waals surface area contributed by atoms with Gasteiger partial charge in [0, 0.05) is 18.7 Å². The number of carbonyl (C=O) groups excluding carboxylic acids is 1. The zero-order valence-corrected chi connectivity index (χ0v) is 11.4. The number of carbonyl (C=O) groups is 1. The molecular formula is C13H11ClFN3O2. The highest BCUT2D eigenvalue weighted by Gasteiger charge is 2.35. The molecule has 0 N–H and O–H groups in total. The number of anilines is 1. The second-order valence-corrected chi connectivity index (χ2v) is 5.09. The van der Waals surface area contributed by atoms with Crippen molar-refractivity contribution in [1.29, 1.82) is 0 Å². The van der Waals surface area contributed by atoms with Gasteiger partial charge in [-0.1, -0.05) is 16.8 Å². The van der Waals surface area contributed by atoms with E-state index in [0.29, 0.717) is 23.9 Å². The Morgan fingerprint density at radius 2 is 2.30 bits per heavy atom. The van der Waals surface area contributed by atoms with Gasteiger partial charge in [0.15, 0.2) is 5.82 Å². The lowest BCUT2D eigenvalue weighted by atomic mass is 10.1. The van der Waals surface area contributed by atoms with Crippen LogP contribution in [0.2, 0.25) is 5.02 Å². The average molecular weight is 296 g/mol. The van der Waals surface area contributed by atoms with Gasteiger partial charge >= 0.3 is 0 Å². The summed E-state index contributed by atoms with van der Waals surface area (Å²) in [4.78, 5) is 17.8. The van der Waals surface area contributed by atoms with Crippen molar-refractivity contribution in [3.8, 4) is 0 Å². The molecule has 3 rings (SSSR count). The van der Waals surface area contributed by atoms with E-state index in [2.05, 4.69) is 10.1 Å². The lowest BCUT2D eigenvalue weighted by molar-refractivity contribution is -0.117. The summed E-state index contributed by atoms with van der Waals surface area (Å²) >= 11 is 5.74. The first-order chi connectivity index (χ1) is 9.54. The summed E-state index contributed by atoms with van der Waals surface area (Å²) in [5.41, 5.74) is 0.570. The van der Waals surface area contributed by atoms with E-state index in [1.165, 1.54) is 18.2 Å². The molecule has 0 radical (unpaired) electrons. The van der Waals surface area contributed by atoms with Crippen molar-refractivity contribution in [3.63, 3.8) is 0 Å². The zero-order chi connectivity index (χ0) is 14.3. The minimum atomic E-state index is -0.508. The Hall–Kier alpha value is -1.95. The first-order valence-corrected chi connectivity index (χ1v) is 6.48. The Balaban J connectivity index is 1.85. The number of nitrogens with zero attached hydrogens (tertiary/aromatic N) is 3. The molecule has 1 saturated heterocycles. The monoisotopic (exact) mass is 295 g/mol. The molecule has 1 aromatic carbocycles. The number of hydrogen-bond acceptors (Lipinski definition) is 4. The van der Waals surface area contributed by atoms with E-state index in [1.54, 1.807) is 11.8 Å². The lowest BCUT2D eigenvalue weighted by Crippen LogP contribution is -2.24. The molecule has 7 heteroatoms. The summed E-state index contributed by atoms with van der Waals surface area (Å²) in [5.74, 6) is 0.259. The van der Waals surface area contributed by atoms with Crippen LogP contribution in [0.3, 0.4) is 0 Å².